The van der Waals surface area contributed by atoms with Crippen LogP contribution in [-0.4, -0.2) is 0 Å². The summed E-state index contributed by atoms with van der Waals surface area (Å²) in [5.74, 6) is -0.311. The molecule has 0 bridgehead atoms. The van der Waals surface area contributed by atoms with Gasteiger partial charge in [0, 0.05) is 23.6 Å². The van der Waals surface area contributed by atoms with Crippen molar-refractivity contribution in [2.24, 2.45) is 0 Å². The fourth-order valence-electron chi connectivity index (χ4n) is 2.20. The Morgan fingerprint density at radius 1 is 0.606 bits per heavy atom. The lowest BCUT2D eigenvalue weighted by atomic mass is 10.2. The van der Waals surface area contributed by atoms with Crippen LogP contribution in [0.5, 0.6) is 0 Å². The topological polar surface area (TPSA) is 47.6 Å². The fourth-order valence-corrected chi connectivity index (χ4v) is 3.70. The molecule has 0 radical (unpaired) electrons. The summed E-state index contributed by atoms with van der Waals surface area (Å²) in [5, 5.41) is 16.9. The molecule has 0 N–H and O–H groups in total. The number of hydrogen-bond donors (Lipinski definition) is 1. The van der Waals surface area contributed by atoms with Crippen molar-refractivity contribution in [1.29, 1.82) is 10.5 Å². The minimum Gasteiger partial charge on any atom is -0.207 e. The number of nitriles is 2. The van der Waals surface area contributed by atoms with Crippen LogP contribution in [0.15, 0.2) is 121 Å². The second-order valence-electron chi connectivity index (χ2n) is 6.29. The van der Waals surface area contributed by atoms with Crippen molar-refractivity contribution in [3.8, 4) is 12.1 Å². The van der Waals surface area contributed by atoms with Crippen LogP contribution >= 0.6 is 56.3 Å². The largest absolute Gasteiger partial charge is 0.207 e. The van der Waals surface area contributed by atoms with E-state index in [1.807, 2.05) is 66.7 Å². The van der Waals surface area contributed by atoms with Gasteiger partial charge in [-0.2, -0.15) is 10.5 Å². The molecule has 0 aliphatic heterocycles. The van der Waals surface area contributed by atoms with Gasteiger partial charge in [0.1, 0.15) is 5.82 Å². The highest BCUT2D eigenvalue weighted by Crippen LogP contribution is 2.28. The van der Waals surface area contributed by atoms with Gasteiger partial charge >= 0.3 is 0 Å². The average Bonchev–Trinajstić information content (AvgIpc) is 2.84. The Hall–Kier alpha value is -2.55. The molecule has 33 heavy (non-hydrogen) atoms. The van der Waals surface area contributed by atoms with Crippen LogP contribution in [-0.2, 0) is 0 Å². The van der Waals surface area contributed by atoms with E-state index in [1.54, 1.807) is 11.8 Å². The van der Waals surface area contributed by atoms with E-state index in [0.717, 1.165) is 18.7 Å². The molecule has 0 spiro atoms. The van der Waals surface area contributed by atoms with Gasteiger partial charge in [-0.05, 0) is 97.1 Å². The lowest BCUT2D eigenvalue weighted by Gasteiger charge is -2.01. The highest BCUT2D eigenvalue weighted by atomic mass is 79.9. The second-order valence-corrected chi connectivity index (χ2v) is 9.78. The summed E-state index contributed by atoms with van der Waals surface area (Å²) in [4.78, 5) is 3.32. The minimum absolute atomic E-state index is 0.311. The third-order valence-electron chi connectivity index (χ3n) is 3.83. The van der Waals surface area contributed by atoms with Gasteiger partial charge in [-0.3, -0.25) is 0 Å². The maximum absolute atomic E-state index is 12.1. The van der Waals surface area contributed by atoms with Crippen LogP contribution in [0.1, 0.15) is 11.1 Å². The van der Waals surface area contributed by atoms with Crippen LogP contribution in [0.3, 0.4) is 0 Å². The first-order valence-electron chi connectivity index (χ1n) is 9.43. The molecule has 4 rings (SSSR count). The van der Waals surface area contributed by atoms with Crippen LogP contribution in [0.25, 0.3) is 0 Å². The van der Waals surface area contributed by atoms with Gasteiger partial charge in [-0.25, -0.2) is 4.39 Å². The van der Waals surface area contributed by atoms with Gasteiger partial charge in [0.25, 0.3) is 0 Å². The number of hydrogen-bond acceptors (Lipinski definition) is 4. The molecule has 0 unspecified atom stereocenters. The molecule has 0 aromatic heterocycles. The summed E-state index contributed by atoms with van der Waals surface area (Å²) in [5.41, 5.74) is 1.18. The van der Waals surface area contributed by atoms with Crippen molar-refractivity contribution < 1.29 is 4.39 Å². The maximum atomic E-state index is 12.1. The molecule has 0 amide bonds. The molecule has 0 aliphatic carbocycles. The van der Waals surface area contributed by atoms with Gasteiger partial charge in [0.15, 0.2) is 0 Å². The number of benzene rings is 4. The first-order valence-corrected chi connectivity index (χ1v) is 12.3. The quantitative estimate of drug-likeness (QED) is 0.234. The summed E-state index contributed by atoms with van der Waals surface area (Å²) >= 11 is 12.5. The normalized spacial score (nSPS) is 9.27. The van der Waals surface area contributed by atoms with Crippen molar-refractivity contribution in [2.45, 2.75) is 14.7 Å². The van der Waals surface area contributed by atoms with Crippen molar-refractivity contribution in [1.82, 2.24) is 0 Å². The molecular weight excluding hydrogens is 583 g/mol. The van der Waals surface area contributed by atoms with Gasteiger partial charge in [0.2, 0.25) is 0 Å². The summed E-state index contributed by atoms with van der Waals surface area (Å²) in [6.07, 6.45) is 0. The van der Waals surface area contributed by atoms with Crippen LogP contribution in [0.4, 0.5) is 4.39 Å². The van der Waals surface area contributed by atoms with E-state index in [1.165, 1.54) is 29.2 Å². The van der Waals surface area contributed by atoms with E-state index in [-0.39, 0.29) is 5.82 Å². The van der Waals surface area contributed by atoms with Gasteiger partial charge in [-0.1, -0.05) is 43.6 Å². The molecule has 0 heterocycles. The fraction of sp³-hybridized carbons (Fsp3) is 0. The van der Waals surface area contributed by atoms with Crippen LogP contribution in [0, 0.1) is 28.5 Å². The predicted molar refractivity (Wildman–Crippen MR) is 142 cm³/mol. The molecule has 0 saturated carbocycles. The van der Waals surface area contributed by atoms with Crippen LogP contribution in [0.2, 0.25) is 0 Å². The van der Waals surface area contributed by atoms with Gasteiger partial charge < -0.3 is 0 Å². The highest BCUT2D eigenvalue weighted by molar-refractivity contribution is 9.10. The zero-order valence-electron chi connectivity index (χ0n) is 17.1. The lowest BCUT2D eigenvalue weighted by molar-refractivity contribution is 0.627. The summed E-state index contributed by atoms with van der Waals surface area (Å²) in [6.45, 7) is 0. The van der Waals surface area contributed by atoms with Gasteiger partial charge in [0.05, 0.1) is 23.3 Å². The van der Waals surface area contributed by atoms with Crippen molar-refractivity contribution >= 4 is 56.3 Å². The zero-order chi connectivity index (χ0) is 24.1. The minimum atomic E-state index is -0.311. The number of nitrogens with zero attached hydrogens (tertiary/aromatic N) is 2. The molecule has 164 valence electrons. The first kappa shape index (κ1) is 26.7. The van der Waals surface area contributed by atoms with E-state index in [9.17, 15) is 4.39 Å². The Morgan fingerprint density at radius 3 is 1.36 bits per heavy atom. The molecule has 4 aromatic rings. The molecule has 4 aromatic carbocycles. The molecule has 0 atom stereocenters. The SMILES string of the molecule is N#Cc1ccc(F)cc1.N#Cc1ccc(Sc2ccc(Br)cc2)cc1.Sc1ccc(Br)cc1. The summed E-state index contributed by atoms with van der Waals surface area (Å²) in [6, 6.07) is 33.0. The number of thiol groups is 1. The van der Waals surface area contributed by atoms with Crippen molar-refractivity contribution in [3.05, 3.63) is 123 Å². The first-order chi connectivity index (χ1) is 15.9. The molecule has 0 aliphatic rings. The maximum Gasteiger partial charge on any atom is 0.123 e. The zero-order valence-corrected chi connectivity index (χ0v) is 22.0. The molecular formula is C26H17Br2FN2S2. The molecule has 7 heteroatoms. The van der Waals surface area contributed by atoms with Gasteiger partial charge in [-0.15, -0.1) is 12.6 Å². The Bertz CT molecular complexity index is 1190. The Kier molecular flexibility index (Phi) is 11.8. The van der Waals surface area contributed by atoms with Crippen molar-refractivity contribution in [3.63, 3.8) is 0 Å². The van der Waals surface area contributed by atoms with E-state index in [2.05, 4.69) is 62.7 Å². The second kappa shape index (κ2) is 14.6. The average molecular weight is 600 g/mol. The Labute approximate surface area is 219 Å². The standard InChI is InChI=1S/C13H8BrNS.C7H4FN.C6H5BrS/c14-11-3-7-13(8-4-11)16-12-5-1-10(9-15)2-6-12;8-7-3-1-6(5-9)2-4-7;7-5-1-3-6(8)4-2-5/h1-8H;1-4H;1-4,8H. The van der Waals surface area contributed by atoms with E-state index >= 15 is 0 Å². The lowest BCUT2D eigenvalue weighted by Crippen LogP contribution is -1.75. The third kappa shape index (κ3) is 10.7. The number of rotatable bonds is 2. The number of halogens is 3. The predicted octanol–water partition coefficient (Wildman–Crippen LogP) is 8.91. The van der Waals surface area contributed by atoms with E-state index in [4.69, 9.17) is 10.5 Å². The van der Waals surface area contributed by atoms with E-state index in [0.29, 0.717) is 11.1 Å². The summed E-state index contributed by atoms with van der Waals surface area (Å²) < 4.78 is 14.3. The van der Waals surface area contributed by atoms with Crippen LogP contribution < -0.4 is 0 Å². The Morgan fingerprint density at radius 2 is 0.970 bits per heavy atom. The smallest absolute Gasteiger partial charge is 0.123 e. The monoisotopic (exact) mass is 598 g/mol. The molecule has 2 nitrogen and oxygen atoms in total. The molecule has 0 saturated heterocycles. The van der Waals surface area contributed by atoms with Crippen molar-refractivity contribution in [2.75, 3.05) is 0 Å². The summed E-state index contributed by atoms with van der Waals surface area (Å²) in [7, 11) is 0. The highest BCUT2D eigenvalue weighted by Gasteiger charge is 1.97. The Balaban J connectivity index is 0.000000192. The molecule has 0 fully saturated rings. The third-order valence-corrected chi connectivity index (χ3v) is 6.20. The van der Waals surface area contributed by atoms with E-state index < -0.39 is 0 Å².